The molecule has 3 fully saturated rings. The number of fused-ring (bicyclic) bond motifs is 4. The highest BCUT2D eigenvalue weighted by molar-refractivity contribution is 8.07. The predicted molar refractivity (Wildman–Crippen MR) is 148 cm³/mol. The van der Waals surface area contributed by atoms with Crippen LogP contribution >= 0.6 is 14.5 Å². The molecule has 43 heavy (non-hydrogen) atoms. The highest BCUT2D eigenvalue weighted by atomic mass is 32.5. The van der Waals surface area contributed by atoms with Crippen LogP contribution in [0.4, 0.5) is 16.0 Å². The number of imidazole rings is 2. The van der Waals surface area contributed by atoms with E-state index in [0.29, 0.717) is 17.6 Å². The van der Waals surface area contributed by atoms with Gasteiger partial charge in [0.1, 0.15) is 35.9 Å². The van der Waals surface area contributed by atoms with Gasteiger partial charge in [0, 0.05) is 12.0 Å². The third kappa shape index (κ3) is 5.20. The van der Waals surface area contributed by atoms with E-state index in [9.17, 15) is 14.4 Å². The molecule has 0 amide bonds. The van der Waals surface area contributed by atoms with Gasteiger partial charge in [-0.15, -0.1) is 0 Å². The second-order valence-electron chi connectivity index (χ2n) is 10.3. The van der Waals surface area contributed by atoms with Crippen LogP contribution in [0.2, 0.25) is 0 Å². The van der Waals surface area contributed by atoms with Crippen LogP contribution in [-0.4, -0.2) is 87.0 Å². The Hall–Kier alpha value is -2.77. The van der Waals surface area contributed by atoms with Crippen molar-refractivity contribution in [3.05, 3.63) is 25.3 Å². The molecule has 7 rings (SSSR count). The van der Waals surface area contributed by atoms with Gasteiger partial charge in [0.25, 0.3) is 0 Å². The molecule has 0 spiro atoms. The molecule has 4 aromatic rings. The van der Waals surface area contributed by atoms with Crippen LogP contribution < -0.4 is 11.5 Å². The first-order valence-electron chi connectivity index (χ1n) is 12.9. The molecule has 18 nitrogen and oxygen atoms in total. The van der Waals surface area contributed by atoms with Crippen molar-refractivity contribution in [2.24, 2.45) is 11.8 Å². The average Bonchev–Trinajstić information content (AvgIpc) is 3.64. The van der Waals surface area contributed by atoms with Crippen molar-refractivity contribution in [3.63, 3.8) is 0 Å². The molecule has 22 heteroatoms. The minimum Gasteiger partial charge on any atom is -0.382 e. The van der Waals surface area contributed by atoms with Crippen molar-refractivity contribution in [3.8, 4) is 0 Å². The lowest BCUT2D eigenvalue weighted by atomic mass is 9.70. The number of phosphoric acid groups is 1. The van der Waals surface area contributed by atoms with E-state index < -0.39 is 45.8 Å². The van der Waals surface area contributed by atoms with Gasteiger partial charge < -0.3 is 39.6 Å². The zero-order chi connectivity index (χ0) is 30.1. The quantitative estimate of drug-likeness (QED) is 0.220. The Kier molecular flexibility index (Phi) is 7.20. The fraction of sp³-hybridized carbons (Fsp3) is 0.524. The van der Waals surface area contributed by atoms with Crippen molar-refractivity contribution in [2.75, 3.05) is 31.3 Å². The first-order chi connectivity index (χ1) is 20.5. The van der Waals surface area contributed by atoms with E-state index in [1.807, 2.05) is 0 Å². The lowest BCUT2D eigenvalue weighted by Crippen LogP contribution is -2.43. The standard InChI is InChI=1S/C21H25FN10O8P2S/c22-13-16-12(39-21(13)32-8-30-15-18(24)26-6-28-20(15)32)4-38-42(35,43)37-3-10-9(2-36-41(33,34)40-16)1-11(10)31-7-29-14-17(23)25-5-27-19(14)31/h5-13,16,21H,1-4H2,(H,33,34)(H,35,43)(H2,23,25,27)(H2,24,26,28)/t9-,10-,11-,12-,13-,16-,21-,42?/m1/s1. The highest BCUT2D eigenvalue weighted by Gasteiger charge is 2.52. The van der Waals surface area contributed by atoms with Crippen molar-refractivity contribution in [2.45, 2.75) is 37.1 Å². The molecule has 2 aliphatic heterocycles. The predicted octanol–water partition coefficient (Wildman–Crippen LogP) is 1.01. The summed E-state index contributed by atoms with van der Waals surface area (Å²) in [7, 11) is -4.83. The number of alkyl halides is 1. The van der Waals surface area contributed by atoms with Gasteiger partial charge in [-0.25, -0.2) is 38.9 Å². The van der Waals surface area contributed by atoms with Crippen LogP contribution in [0.3, 0.4) is 0 Å². The van der Waals surface area contributed by atoms with E-state index in [2.05, 4.69) is 29.9 Å². The second kappa shape index (κ2) is 10.7. The third-order valence-electron chi connectivity index (χ3n) is 7.86. The average molecular weight is 659 g/mol. The summed E-state index contributed by atoms with van der Waals surface area (Å²) in [5.41, 5.74) is 13.0. The van der Waals surface area contributed by atoms with Crippen LogP contribution in [-0.2, 0) is 39.2 Å². The molecule has 6 N–H and O–H groups in total. The van der Waals surface area contributed by atoms with Crippen LogP contribution in [0.1, 0.15) is 18.7 Å². The van der Waals surface area contributed by atoms with E-state index in [-0.39, 0.29) is 53.9 Å². The molecule has 1 saturated carbocycles. The molecule has 0 bridgehead atoms. The topological polar surface area (TPSA) is 243 Å². The number of ether oxygens (including phenoxy) is 1. The number of nitrogens with two attached hydrogens (primary N) is 2. The number of nitrogen functional groups attached to an aromatic ring is 2. The van der Waals surface area contributed by atoms with Crippen molar-refractivity contribution in [1.29, 1.82) is 0 Å². The van der Waals surface area contributed by atoms with Crippen LogP contribution in [0, 0.1) is 11.8 Å². The Morgan fingerprint density at radius 3 is 2.23 bits per heavy atom. The van der Waals surface area contributed by atoms with Crippen molar-refractivity contribution >= 4 is 60.3 Å². The second-order valence-corrected chi connectivity index (χ2v) is 14.5. The Morgan fingerprint density at radius 2 is 1.53 bits per heavy atom. The van der Waals surface area contributed by atoms with Gasteiger partial charge in [-0.3, -0.25) is 13.6 Å². The summed E-state index contributed by atoms with van der Waals surface area (Å²) >= 11 is 5.22. The molecule has 9 atom stereocenters. The number of hydrogen-bond acceptors (Lipinski definition) is 15. The van der Waals surface area contributed by atoms with Gasteiger partial charge in [-0.1, -0.05) is 0 Å². The van der Waals surface area contributed by atoms with E-state index in [1.165, 1.54) is 23.5 Å². The number of hydrogen-bond donors (Lipinski definition) is 4. The van der Waals surface area contributed by atoms with E-state index in [4.69, 9.17) is 46.1 Å². The molecule has 6 heterocycles. The van der Waals surface area contributed by atoms with Gasteiger partial charge in [0.2, 0.25) is 0 Å². The Bertz CT molecular complexity index is 1800. The maximum atomic E-state index is 15.9. The third-order valence-corrected chi connectivity index (χ3v) is 10.4. The zero-order valence-corrected chi connectivity index (χ0v) is 24.5. The molecular formula is C21H25FN10O8P2S. The van der Waals surface area contributed by atoms with Gasteiger partial charge in [0.05, 0.1) is 32.5 Å². The van der Waals surface area contributed by atoms with Gasteiger partial charge >= 0.3 is 14.5 Å². The number of halogens is 1. The molecular weight excluding hydrogens is 633 g/mol. The highest BCUT2D eigenvalue weighted by Crippen LogP contribution is 2.55. The maximum absolute atomic E-state index is 15.9. The van der Waals surface area contributed by atoms with E-state index >= 15 is 4.39 Å². The fourth-order valence-electron chi connectivity index (χ4n) is 5.64. The lowest BCUT2D eigenvalue weighted by Gasteiger charge is -2.45. The normalized spacial score (nSPS) is 37.1. The number of phosphoric ester groups is 1. The lowest BCUT2D eigenvalue weighted by molar-refractivity contribution is -0.0438. The Balaban J connectivity index is 1.14. The first-order valence-corrected chi connectivity index (χ1v) is 17.0. The monoisotopic (exact) mass is 658 g/mol. The molecule has 0 radical (unpaired) electrons. The van der Waals surface area contributed by atoms with Crippen LogP contribution in [0.15, 0.2) is 25.3 Å². The Morgan fingerprint density at radius 1 is 0.907 bits per heavy atom. The molecule has 2 unspecified atom stereocenters. The van der Waals surface area contributed by atoms with Gasteiger partial charge in [0.15, 0.2) is 35.3 Å². The molecule has 4 aromatic heterocycles. The number of aromatic nitrogens is 8. The van der Waals surface area contributed by atoms with Gasteiger partial charge in [-0.05, 0) is 24.1 Å². The van der Waals surface area contributed by atoms with Crippen LogP contribution in [0.25, 0.3) is 22.3 Å². The van der Waals surface area contributed by atoms with Crippen molar-refractivity contribution < 1.29 is 41.6 Å². The summed E-state index contributed by atoms with van der Waals surface area (Å²) in [4.78, 5) is 46.0. The van der Waals surface area contributed by atoms with E-state index in [0.717, 1.165) is 0 Å². The molecule has 2 saturated heterocycles. The fourth-order valence-corrected chi connectivity index (χ4v) is 7.78. The summed E-state index contributed by atoms with van der Waals surface area (Å²) in [5, 5.41) is 0. The maximum Gasteiger partial charge on any atom is 0.472 e. The Labute approximate surface area is 246 Å². The minimum absolute atomic E-state index is 0.0702. The van der Waals surface area contributed by atoms with Crippen molar-refractivity contribution in [1.82, 2.24) is 39.0 Å². The van der Waals surface area contributed by atoms with Gasteiger partial charge in [-0.2, -0.15) is 0 Å². The van der Waals surface area contributed by atoms with E-state index in [1.54, 1.807) is 10.9 Å². The smallest absolute Gasteiger partial charge is 0.382 e. The summed E-state index contributed by atoms with van der Waals surface area (Å²) in [6.45, 7) is -4.75. The summed E-state index contributed by atoms with van der Waals surface area (Å²) < 4.78 is 59.7. The number of nitrogens with zero attached hydrogens (tertiary/aromatic N) is 8. The first kappa shape index (κ1) is 29.0. The molecule has 0 aromatic carbocycles. The summed E-state index contributed by atoms with van der Waals surface area (Å²) in [6, 6.07) is -0.256. The SMILES string of the molecule is Nc1ncnc2c1ncn2[C@@H]1C[C@@H]2COP(=O)(O)O[C@H]3[C@@H](F)[C@H](n4cnc5c(N)ncnc54)O[C@@H]3COP(O)(=S)OC[C@H]21. The summed E-state index contributed by atoms with van der Waals surface area (Å²) in [6.07, 6.45) is -0.663. The molecule has 1 aliphatic carbocycles. The zero-order valence-electron chi connectivity index (χ0n) is 21.9. The number of rotatable bonds is 2. The number of anilines is 2. The minimum atomic E-state index is -4.83. The molecule has 230 valence electrons. The molecule has 3 aliphatic rings. The summed E-state index contributed by atoms with van der Waals surface area (Å²) in [5.74, 6) is -0.425. The largest absolute Gasteiger partial charge is 0.472 e. The van der Waals surface area contributed by atoms with Crippen LogP contribution in [0.5, 0.6) is 0 Å².